The van der Waals surface area contributed by atoms with E-state index in [4.69, 9.17) is 4.74 Å². The highest BCUT2D eigenvalue weighted by molar-refractivity contribution is 5.22. The summed E-state index contributed by atoms with van der Waals surface area (Å²) in [4.78, 5) is 0. The Morgan fingerprint density at radius 2 is 1.85 bits per heavy atom. The molecule has 0 aliphatic carbocycles. The fourth-order valence-corrected chi connectivity index (χ4v) is 1.97. The molecule has 0 aromatic heterocycles. The van der Waals surface area contributed by atoms with E-state index < -0.39 is 0 Å². The molecule has 1 heterocycles. The molecule has 0 bridgehead atoms. The van der Waals surface area contributed by atoms with Crippen LogP contribution in [0.3, 0.4) is 0 Å². The Kier molecular flexibility index (Phi) is 2.36. The molecule has 1 aliphatic rings. The summed E-state index contributed by atoms with van der Waals surface area (Å²) in [6.45, 7) is 5.47. The Labute approximate surface area is 79.7 Å². The van der Waals surface area contributed by atoms with E-state index in [1.54, 1.807) is 0 Å². The van der Waals surface area contributed by atoms with Gasteiger partial charge in [-0.25, -0.2) is 0 Å². The molecule has 13 heavy (non-hydrogen) atoms. The Bertz CT molecular complexity index is 260. The zero-order valence-electron chi connectivity index (χ0n) is 8.23. The van der Waals surface area contributed by atoms with Gasteiger partial charge in [-0.05, 0) is 11.5 Å². The van der Waals surface area contributed by atoms with Crippen LogP contribution < -0.4 is 0 Å². The van der Waals surface area contributed by atoms with Crippen LogP contribution in [-0.4, -0.2) is 12.7 Å². The molecule has 2 atom stereocenters. The summed E-state index contributed by atoms with van der Waals surface area (Å²) in [7, 11) is 0. The van der Waals surface area contributed by atoms with Gasteiger partial charge in [-0.2, -0.15) is 0 Å². The molecule has 2 unspecified atom stereocenters. The molecule has 1 saturated heterocycles. The molecule has 1 fully saturated rings. The number of benzene rings is 1. The minimum absolute atomic E-state index is 0.474. The van der Waals surface area contributed by atoms with Gasteiger partial charge < -0.3 is 4.74 Å². The molecule has 0 amide bonds. The van der Waals surface area contributed by atoms with Crippen molar-refractivity contribution in [3.8, 4) is 0 Å². The van der Waals surface area contributed by atoms with Crippen LogP contribution in [-0.2, 0) is 4.74 Å². The second-order valence-electron chi connectivity index (χ2n) is 4.05. The lowest BCUT2D eigenvalue weighted by Crippen LogP contribution is -2.12. The zero-order valence-corrected chi connectivity index (χ0v) is 8.23. The summed E-state index contributed by atoms with van der Waals surface area (Å²) < 4.78 is 5.39. The van der Waals surface area contributed by atoms with E-state index in [9.17, 15) is 0 Å². The summed E-state index contributed by atoms with van der Waals surface area (Å²) in [6, 6.07) is 10.7. The Morgan fingerprint density at radius 1 is 1.23 bits per heavy atom. The molecular weight excluding hydrogens is 160 g/mol. The van der Waals surface area contributed by atoms with E-state index in [-0.39, 0.29) is 0 Å². The maximum absolute atomic E-state index is 5.39. The first-order valence-electron chi connectivity index (χ1n) is 4.95. The van der Waals surface area contributed by atoms with E-state index in [0.717, 1.165) is 6.61 Å². The van der Waals surface area contributed by atoms with Crippen molar-refractivity contribution in [2.45, 2.75) is 25.9 Å². The fourth-order valence-electron chi connectivity index (χ4n) is 1.97. The lowest BCUT2D eigenvalue weighted by Gasteiger charge is -2.18. The zero-order chi connectivity index (χ0) is 9.26. The van der Waals surface area contributed by atoms with Gasteiger partial charge in [-0.3, -0.25) is 0 Å². The average Bonchev–Trinajstić information content (AvgIpc) is 2.90. The Balaban J connectivity index is 2.20. The molecule has 70 valence electrons. The third-order valence-corrected chi connectivity index (χ3v) is 2.66. The number of epoxide rings is 1. The van der Waals surface area contributed by atoms with E-state index in [1.165, 1.54) is 5.56 Å². The highest BCUT2D eigenvalue weighted by atomic mass is 16.6. The summed E-state index contributed by atoms with van der Waals surface area (Å²) in [5.74, 6) is 1.25. The van der Waals surface area contributed by atoms with Crippen molar-refractivity contribution < 1.29 is 4.74 Å². The number of hydrogen-bond acceptors (Lipinski definition) is 1. The molecule has 0 N–H and O–H groups in total. The molecule has 1 aromatic rings. The van der Waals surface area contributed by atoms with Gasteiger partial charge in [0.15, 0.2) is 0 Å². The summed E-state index contributed by atoms with van der Waals surface area (Å²) in [6.07, 6.45) is 0.474. The van der Waals surface area contributed by atoms with E-state index >= 15 is 0 Å². The molecule has 0 saturated carbocycles. The van der Waals surface area contributed by atoms with Gasteiger partial charge in [0.2, 0.25) is 0 Å². The Morgan fingerprint density at radius 3 is 2.31 bits per heavy atom. The standard InChI is InChI=1S/C12H16O/c1-9(2)12(11-8-13-11)10-6-4-3-5-7-10/h3-7,9,11-12H,8H2,1-2H3. The van der Waals surface area contributed by atoms with E-state index in [2.05, 4.69) is 44.2 Å². The van der Waals surface area contributed by atoms with Gasteiger partial charge in [0.25, 0.3) is 0 Å². The smallest absolute Gasteiger partial charge is 0.0880 e. The second-order valence-corrected chi connectivity index (χ2v) is 4.05. The molecule has 1 aromatic carbocycles. The lowest BCUT2D eigenvalue weighted by atomic mass is 9.86. The van der Waals surface area contributed by atoms with Crippen molar-refractivity contribution in [3.63, 3.8) is 0 Å². The van der Waals surface area contributed by atoms with Crippen molar-refractivity contribution >= 4 is 0 Å². The average molecular weight is 176 g/mol. The SMILES string of the molecule is CC(C)C(c1ccccc1)C1CO1. The normalized spacial score (nSPS) is 23.2. The molecular formula is C12H16O. The predicted octanol–water partition coefficient (Wildman–Crippen LogP) is 2.83. The van der Waals surface area contributed by atoms with Crippen LogP contribution >= 0.6 is 0 Å². The highest BCUT2D eigenvalue weighted by Crippen LogP contribution is 2.35. The van der Waals surface area contributed by atoms with Crippen LogP contribution in [0.1, 0.15) is 25.3 Å². The van der Waals surface area contributed by atoms with Crippen molar-refractivity contribution in [1.82, 2.24) is 0 Å². The van der Waals surface area contributed by atoms with Gasteiger partial charge in [-0.15, -0.1) is 0 Å². The first-order valence-corrected chi connectivity index (χ1v) is 4.95. The second kappa shape index (κ2) is 3.51. The van der Waals surface area contributed by atoms with Crippen molar-refractivity contribution in [2.75, 3.05) is 6.61 Å². The van der Waals surface area contributed by atoms with Crippen LogP contribution in [0.4, 0.5) is 0 Å². The van der Waals surface area contributed by atoms with Crippen LogP contribution in [0.25, 0.3) is 0 Å². The first kappa shape index (κ1) is 8.76. The van der Waals surface area contributed by atoms with Gasteiger partial charge >= 0.3 is 0 Å². The topological polar surface area (TPSA) is 12.5 Å². The van der Waals surface area contributed by atoms with E-state index in [0.29, 0.717) is 17.9 Å². The summed E-state index contributed by atoms with van der Waals surface area (Å²) in [5, 5.41) is 0. The molecule has 1 aliphatic heterocycles. The van der Waals surface area contributed by atoms with Gasteiger partial charge in [0.05, 0.1) is 12.7 Å². The molecule has 2 rings (SSSR count). The van der Waals surface area contributed by atoms with Gasteiger partial charge in [-0.1, -0.05) is 44.2 Å². The molecule has 0 spiro atoms. The predicted molar refractivity (Wildman–Crippen MR) is 53.8 cm³/mol. The summed E-state index contributed by atoms with van der Waals surface area (Å²) >= 11 is 0. The molecule has 1 nitrogen and oxygen atoms in total. The van der Waals surface area contributed by atoms with Crippen LogP contribution in [0.5, 0.6) is 0 Å². The minimum Gasteiger partial charge on any atom is -0.372 e. The number of ether oxygens (including phenoxy) is 1. The number of hydrogen-bond donors (Lipinski definition) is 0. The van der Waals surface area contributed by atoms with E-state index in [1.807, 2.05) is 0 Å². The molecule has 0 radical (unpaired) electrons. The highest BCUT2D eigenvalue weighted by Gasteiger charge is 2.35. The fraction of sp³-hybridized carbons (Fsp3) is 0.500. The number of rotatable bonds is 3. The third-order valence-electron chi connectivity index (χ3n) is 2.66. The van der Waals surface area contributed by atoms with Crippen LogP contribution in [0.2, 0.25) is 0 Å². The lowest BCUT2D eigenvalue weighted by molar-refractivity contribution is 0.333. The Hall–Kier alpha value is -0.820. The van der Waals surface area contributed by atoms with Gasteiger partial charge in [0, 0.05) is 5.92 Å². The van der Waals surface area contributed by atoms with Crippen molar-refractivity contribution in [1.29, 1.82) is 0 Å². The molecule has 1 heteroatoms. The van der Waals surface area contributed by atoms with Crippen LogP contribution in [0, 0.1) is 5.92 Å². The maximum atomic E-state index is 5.39. The first-order chi connectivity index (χ1) is 6.29. The minimum atomic E-state index is 0.474. The monoisotopic (exact) mass is 176 g/mol. The van der Waals surface area contributed by atoms with Crippen molar-refractivity contribution in [2.24, 2.45) is 5.92 Å². The largest absolute Gasteiger partial charge is 0.372 e. The third kappa shape index (κ3) is 1.92. The van der Waals surface area contributed by atoms with Crippen molar-refractivity contribution in [3.05, 3.63) is 35.9 Å². The quantitative estimate of drug-likeness (QED) is 0.645. The van der Waals surface area contributed by atoms with Crippen LogP contribution in [0.15, 0.2) is 30.3 Å². The summed E-state index contributed by atoms with van der Waals surface area (Å²) in [5.41, 5.74) is 1.42. The van der Waals surface area contributed by atoms with Gasteiger partial charge in [0.1, 0.15) is 0 Å². The maximum Gasteiger partial charge on any atom is 0.0880 e.